The standard InChI is InChI=1S/C18H14N2O4S/c21-16-15(17(22)20-18(23)19-16)3-1-2-12-4-6-14(7-5-12)24-10-13-8-9-25-11-13/h1-9,11H,10H2,(H2,19,20,21,22,23)/b2-1+. The minimum atomic E-state index is -0.811. The Labute approximate surface area is 147 Å². The van der Waals surface area contributed by atoms with Crippen LogP contribution in [0.3, 0.4) is 0 Å². The molecule has 1 aliphatic rings. The van der Waals surface area contributed by atoms with Crippen LogP contribution in [0.1, 0.15) is 11.1 Å². The number of allylic oxidation sites excluding steroid dienone is 2. The summed E-state index contributed by atoms with van der Waals surface area (Å²) in [5.41, 5.74) is 1.89. The van der Waals surface area contributed by atoms with Gasteiger partial charge in [-0.3, -0.25) is 20.2 Å². The molecule has 25 heavy (non-hydrogen) atoms. The van der Waals surface area contributed by atoms with Gasteiger partial charge in [0.1, 0.15) is 17.9 Å². The number of nitrogens with one attached hydrogen (secondary N) is 2. The van der Waals surface area contributed by atoms with Crippen molar-refractivity contribution in [2.75, 3.05) is 0 Å². The number of imide groups is 2. The van der Waals surface area contributed by atoms with E-state index >= 15 is 0 Å². The first kappa shape index (κ1) is 16.7. The summed E-state index contributed by atoms with van der Waals surface area (Å²) in [5, 5.41) is 8.07. The van der Waals surface area contributed by atoms with E-state index in [-0.39, 0.29) is 5.57 Å². The second-order valence-electron chi connectivity index (χ2n) is 5.17. The molecule has 1 aromatic heterocycles. The quantitative estimate of drug-likeness (QED) is 0.639. The summed E-state index contributed by atoms with van der Waals surface area (Å²) in [4.78, 5) is 34.1. The summed E-state index contributed by atoms with van der Waals surface area (Å²) in [7, 11) is 0. The lowest BCUT2D eigenvalue weighted by Gasteiger charge is -2.12. The van der Waals surface area contributed by atoms with Crippen molar-refractivity contribution in [3.63, 3.8) is 0 Å². The molecule has 2 aromatic rings. The van der Waals surface area contributed by atoms with Crippen molar-refractivity contribution in [3.8, 4) is 5.75 Å². The smallest absolute Gasteiger partial charge is 0.328 e. The van der Waals surface area contributed by atoms with Gasteiger partial charge in [-0.2, -0.15) is 11.3 Å². The minimum absolute atomic E-state index is 0.119. The average Bonchev–Trinajstić information content (AvgIpc) is 3.10. The van der Waals surface area contributed by atoms with E-state index in [4.69, 9.17) is 4.74 Å². The van der Waals surface area contributed by atoms with Gasteiger partial charge in [0, 0.05) is 0 Å². The highest BCUT2D eigenvalue weighted by atomic mass is 32.1. The first-order chi connectivity index (χ1) is 12.1. The van der Waals surface area contributed by atoms with Gasteiger partial charge in [0.2, 0.25) is 0 Å². The Morgan fingerprint density at radius 3 is 2.36 bits per heavy atom. The molecule has 1 aliphatic heterocycles. The fraction of sp³-hybridized carbons (Fsp3) is 0.0556. The van der Waals surface area contributed by atoms with Crippen LogP contribution in [0, 0.1) is 0 Å². The second kappa shape index (κ2) is 7.59. The van der Waals surface area contributed by atoms with Crippen LogP contribution in [0.5, 0.6) is 5.75 Å². The Morgan fingerprint density at radius 1 is 1.00 bits per heavy atom. The van der Waals surface area contributed by atoms with Gasteiger partial charge in [-0.1, -0.05) is 24.3 Å². The summed E-state index contributed by atoms with van der Waals surface area (Å²) < 4.78 is 5.68. The van der Waals surface area contributed by atoms with Crippen LogP contribution >= 0.6 is 11.3 Å². The molecule has 126 valence electrons. The summed E-state index contributed by atoms with van der Waals surface area (Å²) >= 11 is 1.63. The Hall–Kier alpha value is -3.19. The molecule has 1 saturated heterocycles. The first-order valence-corrected chi connectivity index (χ1v) is 8.35. The van der Waals surface area contributed by atoms with Gasteiger partial charge in [0.15, 0.2) is 0 Å². The van der Waals surface area contributed by atoms with E-state index in [9.17, 15) is 14.4 Å². The van der Waals surface area contributed by atoms with Crippen molar-refractivity contribution in [1.29, 1.82) is 0 Å². The molecule has 4 amide bonds. The first-order valence-electron chi connectivity index (χ1n) is 7.41. The number of amides is 4. The molecule has 6 nitrogen and oxygen atoms in total. The molecule has 2 heterocycles. The maximum absolute atomic E-state index is 11.6. The van der Waals surface area contributed by atoms with E-state index in [1.165, 1.54) is 6.08 Å². The number of barbiturate groups is 1. The van der Waals surface area contributed by atoms with Crippen LogP contribution in [0.15, 0.2) is 58.8 Å². The normalized spacial score (nSPS) is 14.4. The Kier molecular flexibility index (Phi) is 5.06. The lowest BCUT2D eigenvalue weighted by molar-refractivity contribution is -0.124. The number of urea groups is 1. The van der Waals surface area contributed by atoms with Crippen molar-refractivity contribution in [2.24, 2.45) is 0 Å². The van der Waals surface area contributed by atoms with Crippen molar-refractivity contribution >= 4 is 35.3 Å². The van der Waals surface area contributed by atoms with Crippen LogP contribution in [0.25, 0.3) is 6.08 Å². The van der Waals surface area contributed by atoms with Crippen LogP contribution < -0.4 is 15.4 Å². The summed E-state index contributed by atoms with van der Waals surface area (Å²) in [6, 6.07) is 8.62. The molecular formula is C18H14N2O4S. The molecule has 3 rings (SSSR count). The zero-order chi connectivity index (χ0) is 17.6. The predicted octanol–water partition coefficient (Wildman–Crippen LogP) is 2.63. The molecule has 0 radical (unpaired) electrons. The lowest BCUT2D eigenvalue weighted by atomic mass is 10.1. The highest BCUT2D eigenvalue weighted by Crippen LogP contribution is 2.16. The van der Waals surface area contributed by atoms with Crippen LogP contribution in [-0.4, -0.2) is 17.8 Å². The number of benzene rings is 1. The SMILES string of the molecule is O=C1NC(=O)C(=C/C=C/c2ccc(OCc3ccsc3)cc2)C(=O)N1. The third-order valence-electron chi connectivity index (χ3n) is 3.36. The maximum atomic E-state index is 11.6. The monoisotopic (exact) mass is 354 g/mol. The minimum Gasteiger partial charge on any atom is -0.489 e. The van der Waals surface area contributed by atoms with E-state index in [1.54, 1.807) is 23.5 Å². The third-order valence-corrected chi connectivity index (χ3v) is 4.09. The van der Waals surface area contributed by atoms with Crippen molar-refractivity contribution in [1.82, 2.24) is 10.6 Å². The second-order valence-corrected chi connectivity index (χ2v) is 5.95. The zero-order valence-electron chi connectivity index (χ0n) is 13.0. The van der Waals surface area contributed by atoms with E-state index in [1.807, 2.05) is 51.7 Å². The van der Waals surface area contributed by atoms with Crippen LogP contribution in [0.4, 0.5) is 4.79 Å². The molecular weight excluding hydrogens is 340 g/mol. The molecule has 1 aromatic carbocycles. The molecule has 0 bridgehead atoms. The molecule has 0 atom stereocenters. The predicted molar refractivity (Wildman–Crippen MR) is 93.9 cm³/mol. The number of rotatable bonds is 5. The highest BCUT2D eigenvalue weighted by molar-refractivity contribution is 7.07. The van der Waals surface area contributed by atoms with Crippen molar-refractivity contribution in [3.05, 3.63) is 69.9 Å². The molecule has 0 saturated carbocycles. The number of hydrogen-bond donors (Lipinski definition) is 2. The van der Waals surface area contributed by atoms with Gasteiger partial charge in [0.25, 0.3) is 11.8 Å². The van der Waals surface area contributed by atoms with E-state index in [0.717, 1.165) is 16.9 Å². The maximum Gasteiger partial charge on any atom is 0.328 e. The molecule has 0 aliphatic carbocycles. The molecule has 0 spiro atoms. The number of hydrogen-bond acceptors (Lipinski definition) is 5. The van der Waals surface area contributed by atoms with Crippen LogP contribution in [0.2, 0.25) is 0 Å². The van der Waals surface area contributed by atoms with E-state index < -0.39 is 17.8 Å². The molecule has 7 heteroatoms. The fourth-order valence-corrected chi connectivity index (χ4v) is 2.75. The van der Waals surface area contributed by atoms with Gasteiger partial charge < -0.3 is 4.74 Å². The number of carbonyl (C=O) groups excluding carboxylic acids is 3. The lowest BCUT2D eigenvalue weighted by Crippen LogP contribution is -2.51. The van der Waals surface area contributed by atoms with Gasteiger partial charge in [-0.15, -0.1) is 0 Å². The van der Waals surface area contributed by atoms with Gasteiger partial charge in [0.05, 0.1) is 0 Å². The van der Waals surface area contributed by atoms with Gasteiger partial charge in [-0.25, -0.2) is 4.79 Å². The Balaban J connectivity index is 1.60. The molecule has 0 unspecified atom stereocenters. The Bertz CT molecular complexity index is 830. The fourth-order valence-electron chi connectivity index (χ4n) is 2.10. The van der Waals surface area contributed by atoms with Crippen molar-refractivity contribution in [2.45, 2.75) is 6.61 Å². The summed E-state index contributed by atoms with van der Waals surface area (Å²) in [5.74, 6) is -0.669. The number of ether oxygens (including phenoxy) is 1. The van der Waals surface area contributed by atoms with Crippen molar-refractivity contribution < 1.29 is 19.1 Å². The van der Waals surface area contributed by atoms with Gasteiger partial charge >= 0.3 is 6.03 Å². The molecule has 2 N–H and O–H groups in total. The molecule has 1 fully saturated rings. The van der Waals surface area contributed by atoms with E-state index in [0.29, 0.717) is 6.61 Å². The highest BCUT2D eigenvalue weighted by Gasteiger charge is 2.26. The van der Waals surface area contributed by atoms with Gasteiger partial charge in [-0.05, 0) is 46.2 Å². The average molecular weight is 354 g/mol. The van der Waals surface area contributed by atoms with Crippen LogP contribution in [-0.2, 0) is 16.2 Å². The largest absolute Gasteiger partial charge is 0.489 e. The zero-order valence-corrected chi connectivity index (χ0v) is 13.8. The topological polar surface area (TPSA) is 84.5 Å². The summed E-state index contributed by atoms with van der Waals surface area (Å²) in [6.45, 7) is 0.522. The number of thiophene rings is 1. The summed E-state index contributed by atoms with van der Waals surface area (Å²) in [6.07, 6.45) is 4.68. The third kappa shape index (κ3) is 4.42. The van der Waals surface area contributed by atoms with E-state index in [2.05, 4.69) is 0 Å². The Morgan fingerprint density at radius 2 is 1.72 bits per heavy atom. The number of carbonyl (C=O) groups is 3.